The molecular weight excluding hydrogens is 545 g/mol. The third kappa shape index (κ3) is 5.53. The van der Waals surface area contributed by atoms with Crippen molar-refractivity contribution >= 4 is 32.6 Å². The molecule has 0 aliphatic carbocycles. The van der Waals surface area contributed by atoms with Crippen LogP contribution in [0.3, 0.4) is 0 Å². The zero-order valence-corrected chi connectivity index (χ0v) is 22.7. The first-order valence-corrected chi connectivity index (χ1v) is 13.5. The molecular formula is C28H27F3N4O4S. The van der Waals surface area contributed by atoms with Crippen molar-refractivity contribution in [1.82, 2.24) is 14.5 Å². The summed E-state index contributed by atoms with van der Waals surface area (Å²) in [6, 6.07) is 13.9. The number of hydrogen-bond acceptors (Lipinski definition) is 8. The molecule has 0 bridgehead atoms. The Morgan fingerprint density at radius 3 is 2.58 bits per heavy atom. The summed E-state index contributed by atoms with van der Waals surface area (Å²) in [6.07, 6.45) is -2.60. The molecule has 0 radical (unpaired) electrons. The van der Waals surface area contributed by atoms with E-state index in [1.807, 2.05) is 30.3 Å². The Bertz CT molecular complexity index is 1590. The van der Waals surface area contributed by atoms with E-state index in [-0.39, 0.29) is 21.9 Å². The van der Waals surface area contributed by atoms with Crippen LogP contribution in [0.2, 0.25) is 0 Å². The molecule has 2 aromatic carbocycles. The average Bonchev–Trinajstić information content (AvgIpc) is 3.61. The lowest BCUT2D eigenvalue weighted by Gasteiger charge is -2.22. The number of alkyl halides is 3. The predicted molar refractivity (Wildman–Crippen MR) is 145 cm³/mol. The summed E-state index contributed by atoms with van der Waals surface area (Å²) in [5.74, 6) is -0.559. The van der Waals surface area contributed by atoms with Crippen LogP contribution in [0.25, 0.3) is 10.3 Å². The van der Waals surface area contributed by atoms with Crippen molar-refractivity contribution in [1.29, 1.82) is 0 Å². The molecule has 5 rings (SSSR count). The number of aryl methyl sites for hydroxylation is 1. The normalized spacial score (nSPS) is 15.5. The number of hydrogen-bond donors (Lipinski definition) is 0. The van der Waals surface area contributed by atoms with Gasteiger partial charge in [-0.3, -0.25) is 14.2 Å². The third-order valence-corrected chi connectivity index (χ3v) is 7.94. The van der Waals surface area contributed by atoms with Gasteiger partial charge in [-0.25, -0.2) is 9.97 Å². The summed E-state index contributed by atoms with van der Waals surface area (Å²) < 4.78 is 53.4. The highest BCUT2D eigenvalue weighted by atomic mass is 32.1. The number of ketones is 1. The Kier molecular flexibility index (Phi) is 7.79. The van der Waals surface area contributed by atoms with Crippen molar-refractivity contribution in [2.45, 2.75) is 44.4 Å². The molecule has 1 fully saturated rings. The predicted octanol–water partition coefficient (Wildman–Crippen LogP) is 5.11. The van der Waals surface area contributed by atoms with Gasteiger partial charge in [-0.2, -0.15) is 13.2 Å². The fourth-order valence-electron chi connectivity index (χ4n) is 4.94. The van der Waals surface area contributed by atoms with E-state index in [4.69, 9.17) is 9.47 Å². The SMILES string of the molecule is COc1ccc(Cn2c(C(F)(F)F)nc3sc(N4CCC[C@@H]4C(=O)CCc4ccccc4)nc3c2=O)c(OC)c1. The first-order chi connectivity index (χ1) is 19.2. The van der Waals surface area contributed by atoms with Crippen LogP contribution in [0.5, 0.6) is 11.5 Å². The molecule has 4 aromatic rings. The number of benzene rings is 2. The van der Waals surface area contributed by atoms with Crippen molar-refractivity contribution < 1.29 is 27.4 Å². The molecule has 8 nitrogen and oxygen atoms in total. The second-order valence-electron chi connectivity index (χ2n) is 9.46. The molecule has 210 valence electrons. The summed E-state index contributed by atoms with van der Waals surface area (Å²) in [4.78, 5) is 36.5. The van der Waals surface area contributed by atoms with E-state index in [0.717, 1.165) is 23.3 Å². The third-order valence-electron chi connectivity index (χ3n) is 6.96. The summed E-state index contributed by atoms with van der Waals surface area (Å²) >= 11 is 0.899. The van der Waals surface area contributed by atoms with Gasteiger partial charge < -0.3 is 14.4 Å². The molecule has 1 saturated heterocycles. The number of Topliss-reactive ketones (excluding diaryl/α,β-unsaturated/α-hetero) is 1. The Labute approximate surface area is 232 Å². The van der Waals surface area contributed by atoms with Crippen molar-refractivity contribution in [3.63, 3.8) is 0 Å². The van der Waals surface area contributed by atoms with Crippen LogP contribution in [0, 0.1) is 0 Å². The molecule has 40 heavy (non-hydrogen) atoms. The molecule has 1 aliphatic heterocycles. The lowest BCUT2D eigenvalue weighted by Crippen LogP contribution is -2.36. The van der Waals surface area contributed by atoms with Gasteiger partial charge in [-0.15, -0.1) is 0 Å². The van der Waals surface area contributed by atoms with E-state index in [9.17, 15) is 22.8 Å². The topological polar surface area (TPSA) is 86.5 Å². The smallest absolute Gasteiger partial charge is 0.449 e. The van der Waals surface area contributed by atoms with Crippen LogP contribution < -0.4 is 19.9 Å². The lowest BCUT2D eigenvalue weighted by atomic mass is 10.0. The highest BCUT2D eigenvalue weighted by molar-refractivity contribution is 7.21. The number of carbonyl (C=O) groups is 1. The minimum atomic E-state index is -4.89. The van der Waals surface area contributed by atoms with E-state index < -0.39 is 30.1 Å². The monoisotopic (exact) mass is 572 g/mol. The number of aromatic nitrogens is 3. The first kappa shape index (κ1) is 27.6. The number of anilines is 1. The van der Waals surface area contributed by atoms with Crippen LogP contribution in [0.15, 0.2) is 53.3 Å². The zero-order chi connectivity index (χ0) is 28.4. The van der Waals surface area contributed by atoms with Gasteiger partial charge >= 0.3 is 6.18 Å². The maximum Gasteiger partial charge on any atom is 0.449 e. The molecule has 1 aliphatic rings. The fourth-order valence-corrected chi connectivity index (χ4v) is 5.95. The minimum Gasteiger partial charge on any atom is -0.497 e. The van der Waals surface area contributed by atoms with E-state index in [1.165, 1.54) is 26.4 Å². The first-order valence-electron chi connectivity index (χ1n) is 12.7. The van der Waals surface area contributed by atoms with Gasteiger partial charge in [0.1, 0.15) is 11.5 Å². The van der Waals surface area contributed by atoms with E-state index in [2.05, 4.69) is 9.97 Å². The highest BCUT2D eigenvalue weighted by Crippen LogP contribution is 2.35. The minimum absolute atomic E-state index is 0.0357. The van der Waals surface area contributed by atoms with Crippen LogP contribution in [-0.4, -0.2) is 47.1 Å². The zero-order valence-electron chi connectivity index (χ0n) is 21.9. The summed E-state index contributed by atoms with van der Waals surface area (Å²) in [5.41, 5.74) is 0.320. The maximum atomic E-state index is 14.1. The number of carbonyl (C=O) groups excluding carboxylic acids is 1. The van der Waals surface area contributed by atoms with Gasteiger partial charge in [0.2, 0.25) is 5.82 Å². The van der Waals surface area contributed by atoms with Crippen LogP contribution in [-0.2, 0) is 23.9 Å². The van der Waals surface area contributed by atoms with Crippen LogP contribution in [0.1, 0.15) is 36.2 Å². The Morgan fingerprint density at radius 1 is 1.10 bits per heavy atom. The van der Waals surface area contributed by atoms with Crippen molar-refractivity contribution in [2.75, 3.05) is 25.7 Å². The van der Waals surface area contributed by atoms with Crippen LogP contribution >= 0.6 is 11.3 Å². The van der Waals surface area contributed by atoms with Gasteiger partial charge in [0, 0.05) is 24.6 Å². The van der Waals surface area contributed by atoms with Crippen LogP contribution in [0.4, 0.5) is 18.3 Å². The van der Waals surface area contributed by atoms with Gasteiger partial charge in [0.05, 0.1) is 26.8 Å². The summed E-state index contributed by atoms with van der Waals surface area (Å²) in [5, 5.41) is 0.322. The fraction of sp³-hybridized carbons (Fsp3) is 0.357. The summed E-state index contributed by atoms with van der Waals surface area (Å²) in [7, 11) is 2.84. The number of ether oxygens (including phenoxy) is 2. The molecule has 0 saturated carbocycles. The number of halogens is 3. The van der Waals surface area contributed by atoms with Gasteiger partial charge in [-0.1, -0.05) is 41.7 Å². The Morgan fingerprint density at radius 2 is 1.88 bits per heavy atom. The van der Waals surface area contributed by atoms with Crippen molar-refractivity contribution in [3.8, 4) is 11.5 Å². The van der Waals surface area contributed by atoms with Gasteiger partial charge in [-0.05, 0) is 37.0 Å². The van der Waals surface area contributed by atoms with Crippen molar-refractivity contribution in [2.24, 2.45) is 0 Å². The van der Waals surface area contributed by atoms with E-state index in [1.54, 1.807) is 11.0 Å². The molecule has 0 N–H and O–H groups in total. The molecule has 2 aromatic heterocycles. The van der Waals surface area contributed by atoms with Gasteiger partial charge in [0.25, 0.3) is 5.56 Å². The number of fused-ring (bicyclic) bond motifs is 1. The Balaban J connectivity index is 1.48. The quantitative estimate of drug-likeness (QED) is 0.276. The Hall–Kier alpha value is -3.93. The number of thiazole rings is 1. The molecule has 3 heterocycles. The summed E-state index contributed by atoms with van der Waals surface area (Å²) in [6.45, 7) is 0.0892. The molecule has 0 unspecified atom stereocenters. The maximum absolute atomic E-state index is 14.1. The second kappa shape index (κ2) is 11.3. The number of methoxy groups -OCH3 is 2. The molecule has 0 spiro atoms. The molecule has 12 heteroatoms. The average molecular weight is 573 g/mol. The highest BCUT2D eigenvalue weighted by Gasteiger charge is 2.39. The lowest BCUT2D eigenvalue weighted by molar-refractivity contribution is -0.147. The molecule has 1 atom stereocenters. The largest absolute Gasteiger partial charge is 0.497 e. The van der Waals surface area contributed by atoms with E-state index >= 15 is 0 Å². The second-order valence-corrected chi connectivity index (χ2v) is 10.4. The number of nitrogens with zero attached hydrogens (tertiary/aromatic N) is 4. The van der Waals surface area contributed by atoms with E-state index in [0.29, 0.717) is 46.8 Å². The van der Waals surface area contributed by atoms with Gasteiger partial charge in [0.15, 0.2) is 21.3 Å². The molecule has 0 amide bonds. The number of rotatable bonds is 9. The van der Waals surface area contributed by atoms with Crippen molar-refractivity contribution in [3.05, 3.63) is 75.8 Å². The standard InChI is InChI=1S/C28H27F3N4O4S/c1-38-19-12-11-18(22(15-19)39-2)16-35-25(37)23-24(33-26(35)28(29,30)31)40-27(32-23)34-14-6-9-20(34)21(36)13-10-17-7-4-3-5-8-17/h3-5,7-8,11-12,15,20H,6,9-10,13-14,16H2,1-2H3/t20-/m1/s1.